The van der Waals surface area contributed by atoms with Crippen LogP contribution < -0.4 is 5.73 Å². The van der Waals surface area contributed by atoms with Crippen molar-refractivity contribution >= 4 is 13.5 Å². The van der Waals surface area contributed by atoms with Gasteiger partial charge in [0.25, 0.3) is 0 Å². The molecule has 0 aromatic carbocycles. The third-order valence-corrected chi connectivity index (χ3v) is 0.276. The van der Waals surface area contributed by atoms with E-state index in [1.807, 2.05) is 0 Å². The molecule has 0 aliphatic rings. The Morgan fingerprint density at radius 3 is 2.33 bits per heavy atom. The number of hydrogen-bond acceptors (Lipinski definition) is 2. The van der Waals surface area contributed by atoms with Crippen molar-refractivity contribution in [3.8, 4) is 0 Å². The average molecular weight is 79.9 g/mol. The van der Waals surface area contributed by atoms with E-state index in [1.54, 1.807) is 0 Å². The van der Waals surface area contributed by atoms with Gasteiger partial charge >= 0.3 is 0 Å². The van der Waals surface area contributed by atoms with E-state index in [2.05, 4.69) is 0 Å². The maximum Gasteiger partial charge on any atom is 0.140 e. The smallest absolute Gasteiger partial charge is 0.140 e. The first kappa shape index (κ1) is 5.27. The van der Waals surface area contributed by atoms with Gasteiger partial charge in [-0.05, 0) is 17.9 Å². The van der Waals surface area contributed by atoms with Gasteiger partial charge < -0.3 is 11.1 Å². The van der Waals surface area contributed by atoms with Gasteiger partial charge in [-0.2, -0.15) is 0 Å². The Balaban J connectivity index is 3.30. The van der Waals surface area contributed by atoms with Gasteiger partial charge in [-0.1, -0.05) is 0 Å². The molecule has 0 bridgehead atoms. The molecule has 0 heterocycles. The second-order valence-corrected chi connectivity index (χ2v) is 0.814. The van der Waals surface area contributed by atoms with E-state index >= 15 is 0 Å². The molecule has 30 valence electrons. The minimum atomic E-state index is -0.0162. The summed E-state index contributed by atoms with van der Waals surface area (Å²) in [6.07, 6.45) is 2.53. The van der Waals surface area contributed by atoms with Gasteiger partial charge in [0, 0.05) is 0 Å². The van der Waals surface area contributed by atoms with Crippen LogP contribution >= 0.6 is 0 Å². The highest BCUT2D eigenvalue weighted by atomic mass is 14.5. The molecule has 3 N–H and O–H groups in total. The number of rotatable bonds is 1. The van der Waals surface area contributed by atoms with Crippen LogP contribution in [0.3, 0.4) is 0 Å². The zero-order valence-corrected chi connectivity index (χ0v) is 3.31. The maximum absolute atomic E-state index is 6.51. The molecule has 0 aromatic heterocycles. The molecule has 0 saturated heterocycles. The predicted molar refractivity (Wildman–Crippen MR) is 26.8 cm³/mol. The molecular formula is C3H5BN2. The Kier molecular flexibility index (Phi) is 2.21. The van der Waals surface area contributed by atoms with E-state index in [4.69, 9.17) is 19.0 Å². The second-order valence-electron chi connectivity index (χ2n) is 0.814. The average Bonchev–Trinajstić information content (AvgIpc) is 1.35. The van der Waals surface area contributed by atoms with Crippen LogP contribution in [0.1, 0.15) is 0 Å². The Hall–Kier alpha value is -0.725. The summed E-state index contributed by atoms with van der Waals surface area (Å²) >= 11 is 0. The third kappa shape index (κ3) is 3.27. The van der Waals surface area contributed by atoms with Gasteiger partial charge in [0.1, 0.15) is 7.85 Å². The van der Waals surface area contributed by atoms with Crippen molar-refractivity contribution in [1.82, 2.24) is 0 Å². The Morgan fingerprint density at radius 2 is 2.33 bits per heavy atom. The summed E-state index contributed by atoms with van der Waals surface area (Å²) in [7, 11) is 4.82. The molecule has 0 amide bonds. The molecule has 0 saturated carbocycles. The van der Waals surface area contributed by atoms with Crippen LogP contribution in [-0.2, 0) is 0 Å². The molecule has 2 nitrogen and oxygen atoms in total. The lowest BCUT2D eigenvalue weighted by atomic mass is 10.0. The number of nitrogens with two attached hydrogens (primary N) is 1. The lowest BCUT2D eigenvalue weighted by Crippen LogP contribution is -1.88. The van der Waals surface area contributed by atoms with Gasteiger partial charge in [0.15, 0.2) is 0 Å². The predicted octanol–water partition coefficient (Wildman–Crippen LogP) is -0.395. The van der Waals surface area contributed by atoms with Crippen LogP contribution in [0.4, 0.5) is 0 Å². The minimum absolute atomic E-state index is 0.0162. The zero-order chi connectivity index (χ0) is 4.99. The van der Waals surface area contributed by atoms with Crippen molar-refractivity contribution < 1.29 is 0 Å². The highest BCUT2D eigenvalue weighted by Crippen LogP contribution is 1.60. The Bertz CT molecular complexity index is 76.9. The molecule has 2 radical (unpaired) electrons. The van der Waals surface area contributed by atoms with Crippen LogP contribution in [0, 0.1) is 5.41 Å². The monoisotopic (exact) mass is 80.1 g/mol. The van der Waals surface area contributed by atoms with Crippen LogP contribution in [0.15, 0.2) is 12.3 Å². The highest BCUT2D eigenvalue weighted by molar-refractivity contribution is 6.61. The van der Waals surface area contributed by atoms with Gasteiger partial charge in [-0.3, -0.25) is 0 Å². The molecule has 3 heteroatoms. The molecule has 0 aliphatic heterocycles. The lowest BCUT2D eigenvalue weighted by molar-refractivity contribution is 1.54. The van der Waals surface area contributed by atoms with E-state index < -0.39 is 0 Å². The topological polar surface area (TPSA) is 49.9 Å². The zero-order valence-electron chi connectivity index (χ0n) is 3.31. The fourth-order valence-corrected chi connectivity index (χ4v) is 0.104. The summed E-state index contributed by atoms with van der Waals surface area (Å²) in [5, 5.41) is 6.51. The van der Waals surface area contributed by atoms with E-state index in [9.17, 15) is 0 Å². The summed E-state index contributed by atoms with van der Waals surface area (Å²) < 4.78 is 0. The standard InChI is InChI=1S/C3H5BN2/c4-3(6)1-2-5/h1-2,6H,5H2/b2-1-,6-3?. The minimum Gasteiger partial charge on any atom is -0.405 e. The van der Waals surface area contributed by atoms with E-state index in [1.165, 1.54) is 12.3 Å². The number of hydrogen-bond donors (Lipinski definition) is 2. The van der Waals surface area contributed by atoms with Gasteiger partial charge in [0.05, 0.1) is 0 Å². The summed E-state index contributed by atoms with van der Waals surface area (Å²) in [5.74, 6) is 0. The highest BCUT2D eigenvalue weighted by Gasteiger charge is 1.67. The molecule has 0 atom stereocenters. The summed E-state index contributed by atoms with van der Waals surface area (Å²) in [5.41, 5.74) is 4.81. The summed E-state index contributed by atoms with van der Waals surface area (Å²) in [4.78, 5) is 0. The SMILES string of the molecule is [B]C(=N)/C=C\N. The van der Waals surface area contributed by atoms with Crippen molar-refractivity contribution in [3.05, 3.63) is 12.3 Å². The normalized spacial score (nSPS) is 9.33. The first-order valence-electron chi connectivity index (χ1n) is 1.49. The largest absolute Gasteiger partial charge is 0.405 e. The van der Waals surface area contributed by atoms with Crippen LogP contribution in [0.2, 0.25) is 0 Å². The fraction of sp³-hybridized carbons (Fsp3) is 0. The third-order valence-electron chi connectivity index (χ3n) is 0.276. The van der Waals surface area contributed by atoms with Crippen molar-refractivity contribution in [3.63, 3.8) is 0 Å². The molecule has 0 fully saturated rings. The van der Waals surface area contributed by atoms with Crippen LogP contribution in [0.25, 0.3) is 0 Å². The molecule has 0 aliphatic carbocycles. The van der Waals surface area contributed by atoms with Crippen LogP contribution in [0.5, 0.6) is 0 Å². The van der Waals surface area contributed by atoms with E-state index in [0.717, 1.165) is 0 Å². The van der Waals surface area contributed by atoms with E-state index in [-0.39, 0.29) is 5.61 Å². The number of nitrogens with one attached hydrogen (secondary N) is 1. The molecule has 0 unspecified atom stereocenters. The second kappa shape index (κ2) is 2.51. The van der Waals surface area contributed by atoms with Gasteiger partial charge in [0.2, 0.25) is 0 Å². The van der Waals surface area contributed by atoms with Gasteiger partial charge in [-0.15, -0.1) is 0 Å². The summed E-state index contributed by atoms with van der Waals surface area (Å²) in [6.45, 7) is 0. The maximum atomic E-state index is 6.51. The molecule has 0 rings (SSSR count). The molecule has 0 aromatic rings. The van der Waals surface area contributed by atoms with E-state index in [0.29, 0.717) is 0 Å². The lowest BCUT2D eigenvalue weighted by Gasteiger charge is -1.74. The fourth-order valence-electron chi connectivity index (χ4n) is 0.104. The molecular weight excluding hydrogens is 74.9 g/mol. The molecule has 6 heavy (non-hydrogen) atoms. The van der Waals surface area contributed by atoms with Gasteiger partial charge in [-0.25, -0.2) is 0 Å². The van der Waals surface area contributed by atoms with Crippen molar-refractivity contribution in [2.24, 2.45) is 5.73 Å². The summed E-state index contributed by atoms with van der Waals surface area (Å²) in [6, 6.07) is 0. The van der Waals surface area contributed by atoms with Crippen LogP contribution in [-0.4, -0.2) is 13.5 Å². The molecule has 0 spiro atoms. The van der Waals surface area contributed by atoms with Crippen molar-refractivity contribution in [2.45, 2.75) is 0 Å². The van der Waals surface area contributed by atoms with Crippen molar-refractivity contribution in [2.75, 3.05) is 0 Å². The quantitative estimate of drug-likeness (QED) is 0.327. The Morgan fingerprint density at radius 1 is 1.83 bits per heavy atom. The number of allylic oxidation sites excluding steroid dienone is 1. The first-order valence-corrected chi connectivity index (χ1v) is 1.49. The Labute approximate surface area is 38.0 Å². The first-order chi connectivity index (χ1) is 2.77. The van der Waals surface area contributed by atoms with Crippen molar-refractivity contribution in [1.29, 1.82) is 5.41 Å².